The molecule has 2 atom stereocenters. The molecule has 0 spiro atoms. The third kappa shape index (κ3) is 4.09. The molecule has 2 aliphatic heterocycles. The highest BCUT2D eigenvalue weighted by molar-refractivity contribution is 5.86. The second-order valence-corrected chi connectivity index (χ2v) is 5.99. The average molecular weight is 318 g/mol. The maximum Gasteiger partial charge on any atom is 0.251 e. The van der Waals surface area contributed by atoms with E-state index >= 15 is 0 Å². The Kier molecular flexibility index (Phi) is 5.25. The van der Waals surface area contributed by atoms with E-state index in [0.29, 0.717) is 12.5 Å². The molecular formula is C17H22N2O4. The third-order valence-corrected chi connectivity index (χ3v) is 4.34. The first-order valence-electron chi connectivity index (χ1n) is 8.05. The van der Waals surface area contributed by atoms with Crippen LogP contribution in [0.2, 0.25) is 0 Å². The summed E-state index contributed by atoms with van der Waals surface area (Å²) in [4.78, 5) is 24.2. The van der Waals surface area contributed by atoms with Gasteiger partial charge in [0.05, 0.1) is 6.04 Å². The summed E-state index contributed by atoms with van der Waals surface area (Å²) in [6.07, 6.45) is 1.23. The molecule has 2 N–H and O–H groups in total. The number of benzene rings is 1. The molecule has 23 heavy (non-hydrogen) atoms. The van der Waals surface area contributed by atoms with Crippen LogP contribution in [0, 0.1) is 5.92 Å². The second kappa shape index (κ2) is 7.57. The molecule has 6 heteroatoms. The monoisotopic (exact) mass is 318 g/mol. The van der Waals surface area contributed by atoms with Gasteiger partial charge in [-0.1, -0.05) is 30.3 Å². The Bertz CT molecular complexity index is 543. The molecule has 2 unspecified atom stereocenters. The van der Waals surface area contributed by atoms with Crippen molar-refractivity contribution in [2.45, 2.75) is 25.0 Å². The SMILES string of the molecule is O=C1COC(C(=O)NCC2CCOCC2)C(c2ccccc2)N1. The van der Waals surface area contributed by atoms with E-state index in [0.717, 1.165) is 31.6 Å². The molecule has 6 nitrogen and oxygen atoms in total. The van der Waals surface area contributed by atoms with Crippen molar-refractivity contribution >= 4 is 11.8 Å². The summed E-state index contributed by atoms with van der Waals surface area (Å²) in [5.41, 5.74) is 0.867. The van der Waals surface area contributed by atoms with E-state index in [9.17, 15) is 9.59 Å². The smallest absolute Gasteiger partial charge is 0.251 e. The first-order valence-corrected chi connectivity index (χ1v) is 8.05. The predicted molar refractivity (Wildman–Crippen MR) is 83.6 cm³/mol. The van der Waals surface area contributed by atoms with Gasteiger partial charge in [0.15, 0.2) is 6.10 Å². The zero-order valence-electron chi connectivity index (χ0n) is 13.0. The molecule has 124 valence electrons. The van der Waals surface area contributed by atoms with Crippen LogP contribution in [0.25, 0.3) is 0 Å². The largest absolute Gasteiger partial charge is 0.381 e. The van der Waals surface area contributed by atoms with Crippen molar-refractivity contribution in [2.75, 3.05) is 26.4 Å². The number of amides is 2. The van der Waals surface area contributed by atoms with Crippen LogP contribution in [0.5, 0.6) is 0 Å². The Labute approximate surface area is 135 Å². The van der Waals surface area contributed by atoms with Crippen LogP contribution in [-0.4, -0.2) is 44.3 Å². The van der Waals surface area contributed by atoms with Gasteiger partial charge in [0.25, 0.3) is 5.91 Å². The molecule has 3 rings (SSSR count). The third-order valence-electron chi connectivity index (χ3n) is 4.34. The van der Waals surface area contributed by atoms with Crippen molar-refractivity contribution in [1.82, 2.24) is 10.6 Å². The van der Waals surface area contributed by atoms with E-state index in [4.69, 9.17) is 9.47 Å². The lowest BCUT2D eigenvalue weighted by molar-refractivity contribution is -0.148. The van der Waals surface area contributed by atoms with Gasteiger partial charge in [0.2, 0.25) is 5.91 Å². The number of rotatable bonds is 4. The number of ether oxygens (including phenoxy) is 2. The maximum atomic E-state index is 12.5. The lowest BCUT2D eigenvalue weighted by Crippen LogP contribution is -2.53. The summed E-state index contributed by atoms with van der Waals surface area (Å²) in [7, 11) is 0. The molecular weight excluding hydrogens is 296 g/mol. The summed E-state index contributed by atoms with van der Waals surface area (Å²) in [5.74, 6) is 0.0683. The van der Waals surface area contributed by atoms with Crippen LogP contribution in [0.15, 0.2) is 30.3 Å². The fourth-order valence-electron chi connectivity index (χ4n) is 2.99. The predicted octanol–water partition coefficient (Wildman–Crippen LogP) is 0.785. The number of morpholine rings is 1. The van der Waals surface area contributed by atoms with Crippen LogP contribution < -0.4 is 10.6 Å². The van der Waals surface area contributed by atoms with Crippen molar-refractivity contribution in [3.8, 4) is 0 Å². The minimum atomic E-state index is -0.699. The summed E-state index contributed by atoms with van der Waals surface area (Å²) in [5, 5.41) is 5.82. The fourth-order valence-corrected chi connectivity index (χ4v) is 2.99. The molecule has 0 saturated carbocycles. The van der Waals surface area contributed by atoms with Crippen LogP contribution in [0.1, 0.15) is 24.4 Å². The fraction of sp³-hybridized carbons (Fsp3) is 0.529. The Hall–Kier alpha value is -1.92. The summed E-state index contributed by atoms with van der Waals surface area (Å²) < 4.78 is 10.8. The first-order chi connectivity index (χ1) is 11.2. The standard InChI is InChI=1S/C17H22N2O4/c20-14-11-23-16(15(19-14)13-4-2-1-3-5-13)17(21)18-10-12-6-8-22-9-7-12/h1-5,12,15-16H,6-11H2,(H,18,21)(H,19,20). The number of hydrogen-bond acceptors (Lipinski definition) is 4. The average Bonchev–Trinajstić information content (AvgIpc) is 2.61. The number of hydrogen-bond donors (Lipinski definition) is 2. The zero-order valence-corrected chi connectivity index (χ0v) is 13.0. The molecule has 0 aromatic heterocycles. The lowest BCUT2D eigenvalue weighted by atomic mass is 9.98. The normalized spacial score (nSPS) is 25.7. The van der Waals surface area contributed by atoms with E-state index in [2.05, 4.69) is 10.6 Å². The minimum absolute atomic E-state index is 0.0846. The Morgan fingerprint density at radius 1 is 1.22 bits per heavy atom. The van der Waals surface area contributed by atoms with Gasteiger partial charge in [0, 0.05) is 19.8 Å². The van der Waals surface area contributed by atoms with Gasteiger partial charge in [-0.05, 0) is 24.3 Å². The first kappa shape index (κ1) is 16.0. The quantitative estimate of drug-likeness (QED) is 0.860. The molecule has 2 heterocycles. The molecule has 0 radical (unpaired) electrons. The van der Waals surface area contributed by atoms with Crippen LogP contribution in [0.4, 0.5) is 0 Å². The molecule has 1 aromatic rings. The van der Waals surface area contributed by atoms with Crippen LogP contribution in [-0.2, 0) is 19.1 Å². The van der Waals surface area contributed by atoms with Gasteiger partial charge in [0.1, 0.15) is 6.61 Å². The zero-order chi connectivity index (χ0) is 16.1. The molecule has 0 aliphatic carbocycles. The van der Waals surface area contributed by atoms with Crippen molar-refractivity contribution in [3.05, 3.63) is 35.9 Å². The van der Waals surface area contributed by atoms with E-state index in [-0.39, 0.29) is 18.4 Å². The molecule has 2 saturated heterocycles. The van der Waals surface area contributed by atoms with E-state index in [1.807, 2.05) is 30.3 Å². The van der Waals surface area contributed by atoms with E-state index in [1.54, 1.807) is 0 Å². The minimum Gasteiger partial charge on any atom is -0.381 e. The van der Waals surface area contributed by atoms with Crippen molar-refractivity contribution in [2.24, 2.45) is 5.92 Å². The van der Waals surface area contributed by atoms with Crippen LogP contribution >= 0.6 is 0 Å². The van der Waals surface area contributed by atoms with Crippen LogP contribution in [0.3, 0.4) is 0 Å². The van der Waals surface area contributed by atoms with Crippen molar-refractivity contribution < 1.29 is 19.1 Å². The molecule has 2 aliphatic rings. The number of nitrogens with one attached hydrogen (secondary N) is 2. The Morgan fingerprint density at radius 2 is 1.96 bits per heavy atom. The highest BCUT2D eigenvalue weighted by Crippen LogP contribution is 2.23. The maximum absolute atomic E-state index is 12.5. The van der Waals surface area contributed by atoms with Gasteiger partial charge in [-0.25, -0.2) is 0 Å². The molecule has 1 aromatic carbocycles. The van der Waals surface area contributed by atoms with Crippen molar-refractivity contribution in [1.29, 1.82) is 0 Å². The highest BCUT2D eigenvalue weighted by Gasteiger charge is 2.36. The van der Waals surface area contributed by atoms with Crippen molar-refractivity contribution in [3.63, 3.8) is 0 Å². The van der Waals surface area contributed by atoms with E-state index in [1.165, 1.54) is 0 Å². The Morgan fingerprint density at radius 3 is 2.70 bits per heavy atom. The molecule has 0 bridgehead atoms. The van der Waals surface area contributed by atoms with Gasteiger partial charge in [-0.2, -0.15) is 0 Å². The van der Waals surface area contributed by atoms with Gasteiger partial charge in [-0.15, -0.1) is 0 Å². The summed E-state index contributed by atoms with van der Waals surface area (Å²) in [6.45, 7) is 2.04. The van der Waals surface area contributed by atoms with Gasteiger partial charge < -0.3 is 20.1 Å². The van der Waals surface area contributed by atoms with Gasteiger partial charge in [-0.3, -0.25) is 9.59 Å². The van der Waals surface area contributed by atoms with Gasteiger partial charge >= 0.3 is 0 Å². The number of carbonyl (C=O) groups is 2. The summed E-state index contributed by atoms with van der Waals surface area (Å²) >= 11 is 0. The number of carbonyl (C=O) groups excluding carboxylic acids is 2. The topological polar surface area (TPSA) is 76.7 Å². The lowest BCUT2D eigenvalue weighted by Gasteiger charge is -2.32. The molecule has 2 amide bonds. The summed E-state index contributed by atoms with van der Waals surface area (Å²) in [6, 6.07) is 8.98. The second-order valence-electron chi connectivity index (χ2n) is 5.99. The van der Waals surface area contributed by atoms with E-state index < -0.39 is 12.1 Å². The molecule has 2 fully saturated rings. The Balaban J connectivity index is 1.63. The highest BCUT2D eigenvalue weighted by atomic mass is 16.5.